The van der Waals surface area contributed by atoms with Crippen molar-refractivity contribution in [3.05, 3.63) is 5.51 Å². The zero-order valence-electron chi connectivity index (χ0n) is 8.93. The molecule has 0 saturated heterocycles. The summed E-state index contributed by atoms with van der Waals surface area (Å²) in [7, 11) is 0. The maximum absolute atomic E-state index is 9.08. The monoisotopic (exact) mass is 254 g/mol. The Hall–Kier alpha value is -0.640. The topological polar surface area (TPSA) is 75.6 Å². The van der Waals surface area contributed by atoms with E-state index < -0.39 is 5.54 Å². The van der Waals surface area contributed by atoms with Crippen molar-refractivity contribution in [3.8, 4) is 6.07 Å². The van der Waals surface area contributed by atoms with Gasteiger partial charge in [-0.15, -0.1) is 10.2 Å². The van der Waals surface area contributed by atoms with Crippen molar-refractivity contribution in [1.82, 2.24) is 10.2 Å². The van der Waals surface area contributed by atoms with Crippen LogP contribution in [0.2, 0.25) is 0 Å². The van der Waals surface area contributed by atoms with E-state index in [0.717, 1.165) is 35.8 Å². The SMILES string of the molecule is N#CC1(N)CCCC1CCSc1nncs1. The zero-order valence-corrected chi connectivity index (χ0v) is 10.6. The van der Waals surface area contributed by atoms with Crippen LogP contribution >= 0.6 is 23.1 Å². The highest BCUT2D eigenvalue weighted by molar-refractivity contribution is 8.00. The van der Waals surface area contributed by atoms with Crippen molar-refractivity contribution >= 4 is 23.1 Å². The van der Waals surface area contributed by atoms with Crippen LogP contribution in [0.3, 0.4) is 0 Å². The molecule has 0 aliphatic heterocycles. The average Bonchev–Trinajstić information content (AvgIpc) is 2.90. The van der Waals surface area contributed by atoms with Gasteiger partial charge in [0.05, 0.1) is 6.07 Å². The molecule has 0 aromatic carbocycles. The van der Waals surface area contributed by atoms with Crippen molar-refractivity contribution in [3.63, 3.8) is 0 Å². The molecule has 1 aromatic rings. The Morgan fingerprint density at radius 2 is 2.62 bits per heavy atom. The lowest BCUT2D eigenvalue weighted by atomic mass is 9.88. The van der Waals surface area contributed by atoms with Crippen molar-refractivity contribution in [1.29, 1.82) is 5.26 Å². The second kappa shape index (κ2) is 5.13. The van der Waals surface area contributed by atoms with Gasteiger partial charge in [0.25, 0.3) is 0 Å². The van der Waals surface area contributed by atoms with Crippen LogP contribution < -0.4 is 5.73 Å². The van der Waals surface area contributed by atoms with Gasteiger partial charge in [-0.05, 0) is 25.2 Å². The van der Waals surface area contributed by atoms with Crippen LogP contribution in [0.25, 0.3) is 0 Å². The molecule has 2 atom stereocenters. The molecule has 1 aliphatic rings. The minimum Gasteiger partial charge on any atom is -0.313 e. The van der Waals surface area contributed by atoms with Gasteiger partial charge in [-0.25, -0.2) is 0 Å². The summed E-state index contributed by atoms with van der Waals surface area (Å²) in [5.74, 6) is 1.32. The lowest BCUT2D eigenvalue weighted by Gasteiger charge is -2.23. The molecule has 1 fully saturated rings. The van der Waals surface area contributed by atoms with Gasteiger partial charge in [-0.2, -0.15) is 5.26 Å². The van der Waals surface area contributed by atoms with Crippen LogP contribution in [0.4, 0.5) is 0 Å². The third-order valence-corrected chi connectivity index (χ3v) is 5.01. The summed E-state index contributed by atoms with van der Waals surface area (Å²) in [6.45, 7) is 0. The van der Waals surface area contributed by atoms with E-state index in [9.17, 15) is 0 Å². The van der Waals surface area contributed by atoms with Crippen LogP contribution in [0, 0.1) is 17.2 Å². The largest absolute Gasteiger partial charge is 0.313 e. The first-order valence-electron chi connectivity index (χ1n) is 5.34. The summed E-state index contributed by atoms with van der Waals surface area (Å²) < 4.78 is 0.998. The van der Waals surface area contributed by atoms with Gasteiger partial charge in [0.2, 0.25) is 0 Å². The Kier molecular flexibility index (Phi) is 3.79. The Bertz CT molecular complexity index is 373. The number of thioether (sulfide) groups is 1. The van der Waals surface area contributed by atoms with Gasteiger partial charge in [-0.3, -0.25) is 0 Å². The van der Waals surface area contributed by atoms with Crippen LogP contribution in [0.5, 0.6) is 0 Å². The second-order valence-corrected chi connectivity index (χ2v) is 6.26. The lowest BCUT2D eigenvalue weighted by molar-refractivity contribution is 0.389. The van der Waals surface area contributed by atoms with Crippen LogP contribution in [-0.4, -0.2) is 21.5 Å². The maximum atomic E-state index is 9.08. The molecular formula is C10H14N4S2. The molecule has 4 nitrogen and oxygen atoms in total. The van der Waals surface area contributed by atoms with Crippen molar-refractivity contribution in [2.75, 3.05) is 5.75 Å². The van der Waals surface area contributed by atoms with Gasteiger partial charge >= 0.3 is 0 Å². The normalized spacial score (nSPS) is 29.1. The third-order valence-electron chi connectivity index (χ3n) is 3.11. The van der Waals surface area contributed by atoms with Gasteiger partial charge < -0.3 is 5.73 Å². The van der Waals surface area contributed by atoms with E-state index in [1.165, 1.54) is 0 Å². The van der Waals surface area contributed by atoms with Crippen molar-refractivity contribution in [2.45, 2.75) is 35.6 Å². The zero-order chi connectivity index (χ0) is 11.4. The minimum absolute atomic E-state index is 0.345. The molecule has 0 radical (unpaired) electrons. The molecule has 1 saturated carbocycles. The van der Waals surface area contributed by atoms with Crippen molar-refractivity contribution in [2.24, 2.45) is 11.7 Å². The number of nitrogens with two attached hydrogens (primary N) is 1. The van der Waals surface area contributed by atoms with E-state index in [2.05, 4.69) is 16.3 Å². The molecule has 2 N–H and O–H groups in total. The van der Waals surface area contributed by atoms with Crippen LogP contribution in [0.1, 0.15) is 25.7 Å². The highest BCUT2D eigenvalue weighted by Crippen LogP contribution is 2.36. The molecular weight excluding hydrogens is 240 g/mol. The molecule has 1 heterocycles. The fourth-order valence-electron chi connectivity index (χ4n) is 2.17. The first-order valence-corrected chi connectivity index (χ1v) is 7.20. The molecule has 0 bridgehead atoms. The molecule has 86 valence electrons. The van der Waals surface area contributed by atoms with Gasteiger partial charge in [0.15, 0.2) is 4.34 Å². The summed E-state index contributed by atoms with van der Waals surface area (Å²) in [6, 6.07) is 2.28. The molecule has 0 amide bonds. The van der Waals surface area contributed by atoms with E-state index in [1.807, 2.05) is 0 Å². The quantitative estimate of drug-likeness (QED) is 0.832. The average molecular weight is 254 g/mol. The Labute approximate surface area is 103 Å². The number of aromatic nitrogens is 2. The molecule has 1 aromatic heterocycles. The fraction of sp³-hybridized carbons (Fsp3) is 0.700. The Balaban J connectivity index is 1.80. The molecule has 6 heteroatoms. The lowest BCUT2D eigenvalue weighted by Crippen LogP contribution is -2.41. The molecule has 1 aliphatic carbocycles. The van der Waals surface area contributed by atoms with E-state index in [4.69, 9.17) is 11.0 Å². The highest BCUT2D eigenvalue weighted by Gasteiger charge is 2.39. The van der Waals surface area contributed by atoms with Gasteiger partial charge in [0.1, 0.15) is 11.0 Å². The maximum Gasteiger partial charge on any atom is 0.174 e. The summed E-state index contributed by atoms with van der Waals surface area (Å²) in [5, 5.41) is 16.8. The smallest absolute Gasteiger partial charge is 0.174 e. The molecule has 2 unspecified atom stereocenters. The van der Waals surface area contributed by atoms with Crippen LogP contribution in [-0.2, 0) is 0 Å². The number of hydrogen-bond donors (Lipinski definition) is 1. The molecule has 2 rings (SSSR count). The predicted molar refractivity (Wildman–Crippen MR) is 65.1 cm³/mol. The minimum atomic E-state index is -0.582. The number of rotatable bonds is 4. The molecule has 16 heavy (non-hydrogen) atoms. The number of hydrogen-bond acceptors (Lipinski definition) is 6. The summed E-state index contributed by atoms with van der Waals surface area (Å²) in [5.41, 5.74) is 7.22. The fourth-order valence-corrected chi connectivity index (χ4v) is 3.78. The van der Waals surface area contributed by atoms with E-state index >= 15 is 0 Å². The van der Waals surface area contributed by atoms with Crippen LogP contribution in [0.15, 0.2) is 9.85 Å². The highest BCUT2D eigenvalue weighted by atomic mass is 32.2. The van der Waals surface area contributed by atoms with Crippen molar-refractivity contribution < 1.29 is 0 Å². The number of nitrogens with zero attached hydrogens (tertiary/aromatic N) is 3. The summed E-state index contributed by atoms with van der Waals surface area (Å²) >= 11 is 3.26. The Morgan fingerprint density at radius 3 is 3.31 bits per heavy atom. The molecule has 0 spiro atoms. The standard InChI is InChI=1S/C10H14N4S2/c11-6-10(12)4-1-2-8(10)3-5-15-9-14-13-7-16-9/h7-8H,1-5,12H2. The van der Waals surface area contributed by atoms with Gasteiger partial charge in [-0.1, -0.05) is 29.5 Å². The van der Waals surface area contributed by atoms with Gasteiger partial charge in [0, 0.05) is 5.75 Å². The third kappa shape index (κ3) is 2.54. The summed E-state index contributed by atoms with van der Waals surface area (Å²) in [4.78, 5) is 0. The first kappa shape index (κ1) is 11.8. The van der Waals surface area contributed by atoms with E-state index in [0.29, 0.717) is 5.92 Å². The number of nitriles is 1. The van der Waals surface area contributed by atoms with E-state index in [-0.39, 0.29) is 0 Å². The second-order valence-electron chi connectivity index (χ2n) is 4.08. The first-order chi connectivity index (χ1) is 7.74. The Morgan fingerprint density at radius 1 is 1.75 bits per heavy atom. The predicted octanol–water partition coefficient (Wildman–Crippen LogP) is 2.04. The van der Waals surface area contributed by atoms with E-state index in [1.54, 1.807) is 28.6 Å². The summed E-state index contributed by atoms with van der Waals surface area (Å²) in [6.07, 6.45) is 4.00.